The van der Waals surface area contributed by atoms with E-state index in [1.165, 1.54) is 44.0 Å². The molecule has 2 N–H and O–H groups in total. The molecule has 0 saturated carbocycles. The number of thioether (sulfide) groups is 1. The summed E-state index contributed by atoms with van der Waals surface area (Å²) in [5.74, 6) is 0.493. The highest BCUT2D eigenvalue weighted by Crippen LogP contribution is 2.64. The summed E-state index contributed by atoms with van der Waals surface area (Å²) in [4.78, 5) is 8.83. The predicted molar refractivity (Wildman–Crippen MR) is 260 cm³/mol. The van der Waals surface area contributed by atoms with Crippen LogP contribution in [0.2, 0.25) is 0 Å². The summed E-state index contributed by atoms with van der Waals surface area (Å²) in [6.07, 6.45) is 2.93. The van der Waals surface area contributed by atoms with E-state index < -0.39 is 0 Å². The summed E-state index contributed by atoms with van der Waals surface area (Å²) < 4.78 is 6.40. The number of hydrogen-bond donors (Lipinski definition) is 1. The molecule has 0 spiro atoms. The number of aliphatic imine (C=N–C) groups is 1. The molecular formula is C57H45N3OS. The molecule has 3 atom stereocenters. The van der Waals surface area contributed by atoms with Crippen LogP contribution in [0.1, 0.15) is 46.3 Å². The topological polar surface area (TPSA) is 54.8 Å². The molecule has 3 unspecified atom stereocenters. The lowest BCUT2D eigenvalue weighted by molar-refractivity contribution is 0.448. The zero-order valence-electron chi connectivity index (χ0n) is 34.7. The van der Waals surface area contributed by atoms with E-state index in [9.17, 15) is 0 Å². The molecule has 0 saturated heterocycles. The van der Waals surface area contributed by atoms with Crippen LogP contribution in [0.3, 0.4) is 0 Å². The van der Waals surface area contributed by atoms with Crippen LogP contribution in [-0.4, -0.2) is 18.1 Å². The Labute approximate surface area is 367 Å². The fourth-order valence-corrected chi connectivity index (χ4v) is 11.7. The number of para-hydroxylation sites is 1. The summed E-state index contributed by atoms with van der Waals surface area (Å²) in [7, 11) is 2.28. The maximum absolute atomic E-state index is 6.70. The van der Waals surface area contributed by atoms with Crippen molar-refractivity contribution in [2.24, 2.45) is 10.7 Å². The van der Waals surface area contributed by atoms with E-state index in [1.807, 2.05) is 42.1 Å². The summed E-state index contributed by atoms with van der Waals surface area (Å²) in [6, 6.07) is 69.4. The molecule has 0 aliphatic carbocycles. The molecule has 0 fully saturated rings. The quantitative estimate of drug-likeness (QED) is 0.123. The average molecular weight is 820 g/mol. The van der Waals surface area contributed by atoms with E-state index >= 15 is 0 Å². The van der Waals surface area contributed by atoms with E-state index in [0.717, 1.165) is 56.3 Å². The van der Waals surface area contributed by atoms with Gasteiger partial charge in [-0.15, -0.1) is 11.8 Å². The largest absolute Gasteiger partial charge is 0.456 e. The average Bonchev–Trinajstić information content (AvgIpc) is 3.86. The Balaban J connectivity index is 0.913. The number of nitrogens with two attached hydrogens (primary N) is 1. The molecule has 1 aromatic heterocycles. The van der Waals surface area contributed by atoms with Crippen molar-refractivity contribution in [1.29, 1.82) is 0 Å². The molecule has 300 valence electrons. The van der Waals surface area contributed by atoms with Gasteiger partial charge in [-0.2, -0.15) is 0 Å². The van der Waals surface area contributed by atoms with Crippen LogP contribution in [0.15, 0.2) is 215 Å². The monoisotopic (exact) mass is 819 g/mol. The van der Waals surface area contributed by atoms with Gasteiger partial charge < -0.3 is 15.1 Å². The first kappa shape index (κ1) is 37.9. The van der Waals surface area contributed by atoms with Gasteiger partial charge in [-0.05, 0) is 86.8 Å². The molecule has 0 amide bonds. The lowest BCUT2D eigenvalue weighted by Gasteiger charge is -2.50. The number of nitrogens with zero attached hydrogens (tertiary/aromatic N) is 2. The van der Waals surface area contributed by atoms with Gasteiger partial charge >= 0.3 is 0 Å². The molecule has 8 aromatic carbocycles. The molecule has 0 bridgehead atoms. The van der Waals surface area contributed by atoms with Gasteiger partial charge in [-0.25, -0.2) is 4.99 Å². The smallest absolute Gasteiger partial charge is 0.136 e. The van der Waals surface area contributed by atoms with Crippen LogP contribution in [-0.2, 0) is 11.8 Å². The molecule has 3 heterocycles. The molecule has 9 aromatic rings. The predicted octanol–water partition coefficient (Wildman–Crippen LogP) is 13.9. The van der Waals surface area contributed by atoms with Crippen LogP contribution in [0.4, 0.5) is 5.69 Å². The second-order valence-corrected chi connectivity index (χ2v) is 17.8. The minimum Gasteiger partial charge on any atom is -0.456 e. The summed E-state index contributed by atoms with van der Waals surface area (Å²) in [5.41, 5.74) is 22.4. The van der Waals surface area contributed by atoms with Crippen molar-refractivity contribution in [1.82, 2.24) is 0 Å². The van der Waals surface area contributed by atoms with Crippen LogP contribution in [0, 0.1) is 0 Å². The van der Waals surface area contributed by atoms with E-state index in [0.29, 0.717) is 5.84 Å². The van der Waals surface area contributed by atoms with Gasteiger partial charge in [0.15, 0.2) is 0 Å². The molecule has 0 radical (unpaired) electrons. The molecule has 4 nitrogen and oxygen atoms in total. The Morgan fingerprint density at radius 2 is 1.32 bits per heavy atom. The summed E-state index contributed by atoms with van der Waals surface area (Å²) in [6.45, 7) is 2.48. The fraction of sp³-hybridized carbons (Fsp3) is 0.105. The van der Waals surface area contributed by atoms with Gasteiger partial charge in [0.05, 0.1) is 11.7 Å². The van der Waals surface area contributed by atoms with Crippen molar-refractivity contribution in [3.05, 3.63) is 234 Å². The number of amidine groups is 1. The number of fused-ring (bicyclic) bond motifs is 8. The lowest BCUT2D eigenvalue weighted by atomic mass is 9.65. The molecule has 5 heteroatoms. The zero-order chi connectivity index (χ0) is 41.8. The molecule has 2 aliphatic heterocycles. The Morgan fingerprint density at radius 3 is 2.11 bits per heavy atom. The maximum Gasteiger partial charge on any atom is 0.136 e. The third-order valence-electron chi connectivity index (χ3n) is 13.1. The Bertz CT molecular complexity index is 3170. The number of rotatable bonds is 8. The second-order valence-electron chi connectivity index (χ2n) is 16.6. The van der Waals surface area contributed by atoms with Gasteiger partial charge in [-0.3, -0.25) is 0 Å². The highest BCUT2D eigenvalue weighted by atomic mass is 32.2. The van der Waals surface area contributed by atoms with Gasteiger partial charge in [0.25, 0.3) is 0 Å². The Hall–Kier alpha value is -7.08. The highest BCUT2D eigenvalue weighted by molar-refractivity contribution is 8.00. The fourth-order valence-electron chi connectivity index (χ4n) is 9.89. The van der Waals surface area contributed by atoms with Crippen molar-refractivity contribution < 1.29 is 4.42 Å². The standard InChI is InChI=1S/C57H45N3OS/c1-57-47-20-10-12-23-52(47)62-55(57)54(60(2)49-21-13-19-44(53(49)57)43-33-34-46-45-18-9-11-22-50(45)61-51(46)36-43)41-29-25-38(26-30-41)39-27-31-42(32-28-39)56(58)59-48(40-16-7-4-8-17-40)35-24-37-14-5-3-6-15-37/h3-23,25-36,54-55H,24H2,1-2H3,(H2,58,59)/b48-35-. The first-order valence-electron chi connectivity index (χ1n) is 21.3. The molecule has 11 rings (SSSR count). The Kier molecular flexibility index (Phi) is 9.43. The number of hydrogen-bond acceptors (Lipinski definition) is 4. The SMILES string of the molecule is CN1c2cccc(-c3ccc4c(c3)oc3ccccc34)c2C2(C)c3ccccc3SC2C1c1ccc(-c2ccc(C(N)=N/C(=C\Cc3ccccc3)c3ccccc3)cc2)cc1. The van der Waals surface area contributed by atoms with E-state index in [1.54, 1.807) is 0 Å². The first-order chi connectivity index (χ1) is 30.4. The molecule has 2 aliphatic rings. The van der Waals surface area contributed by atoms with Crippen LogP contribution in [0.25, 0.3) is 49.9 Å². The van der Waals surface area contributed by atoms with E-state index in [4.69, 9.17) is 15.1 Å². The number of allylic oxidation sites excluding steroid dienone is 1. The van der Waals surface area contributed by atoms with Crippen molar-refractivity contribution in [3.63, 3.8) is 0 Å². The van der Waals surface area contributed by atoms with Crippen molar-refractivity contribution in [2.45, 2.75) is 34.9 Å². The Morgan fingerprint density at radius 1 is 0.661 bits per heavy atom. The molecule has 62 heavy (non-hydrogen) atoms. The minimum atomic E-state index is -0.250. The van der Waals surface area contributed by atoms with Gasteiger partial charge in [0.2, 0.25) is 0 Å². The van der Waals surface area contributed by atoms with Gasteiger partial charge in [-0.1, -0.05) is 177 Å². The summed E-state index contributed by atoms with van der Waals surface area (Å²) in [5, 5.41) is 2.54. The third kappa shape index (κ3) is 6.43. The maximum atomic E-state index is 6.70. The minimum absolute atomic E-state index is 0.138. The second kappa shape index (κ2) is 15.4. The lowest BCUT2D eigenvalue weighted by Crippen LogP contribution is -2.48. The van der Waals surface area contributed by atoms with Crippen molar-refractivity contribution in [2.75, 3.05) is 11.9 Å². The first-order valence-corrected chi connectivity index (χ1v) is 22.2. The van der Waals surface area contributed by atoms with Crippen LogP contribution >= 0.6 is 11.8 Å². The van der Waals surface area contributed by atoms with Gasteiger partial charge in [0, 0.05) is 44.6 Å². The number of furan rings is 1. The third-order valence-corrected chi connectivity index (χ3v) is 14.6. The van der Waals surface area contributed by atoms with Crippen molar-refractivity contribution in [3.8, 4) is 22.3 Å². The number of benzene rings is 8. The van der Waals surface area contributed by atoms with Crippen LogP contribution < -0.4 is 10.6 Å². The molecular weight excluding hydrogens is 775 g/mol. The zero-order valence-corrected chi connectivity index (χ0v) is 35.5. The number of anilines is 1. The normalized spacial score (nSPS) is 18.5. The van der Waals surface area contributed by atoms with Crippen LogP contribution in [0.5, 0.6) is 0 Å². The van der Waals surface area contributed by atoms with E-state index in [2.05, 4.69) is 189 Å². The van der Waals surface area contributed by atoms with Crippen molar-refractivity contribution >= 4 is 50.9 Å². The highest BCUT2D eigenvalue weighted by Gasteiger charge is 2.55. The van der Waals surface area contributed by atoms with E-state index in [-0.39, 0.29) is 16.7 Å². The van der Waals surface area contributed by atoms with Gasteiger partial charge in [0.1, 0.15) is 17.0 Å². The summed E-state index contributed by atoms with van der Waals surface area (Å²) >= 11 is 2.02.